The normalized spacial score (nSPS) is 9.56. The first-order valence-corrected chi connectivity index (χ1v) is 3.11. The van der Waals surface area contributed by atoms with Crippen LogP contribution in [0.1, 0.15) is 0 Å². The van der Waals surface area contributed by atoms with Crippen LogP contribution in [0.2, 0.25) is 5.15 Å². The molecule has 0 unspecified atom stereocenters. The molecule has 1 heterocycles. The standard InChI is InChI=1S/C3HCl2N3S/c4-3-2(9)1-6-8(5)7-3/h1H. The van der Waals surface area contributed by atoms with Crippen molar-refractivity contribution in [1.29, 1.82) is 0 Å². The lowest BCUT2D eigenvalue weighted by Gasteiger charge is -1.89. The Hall–Kier alpha value is -0.190. The Balaban J connectivity index is 3.34. The third-order valence-corrected chi connectivity index (χ3v) is 1.50. The first-order valence-electron chi connectivity index (χ1n) is 1.98. The highest BCUT2D eigenvalue weighted by atomic mass is 35.5. The van der Waals surface area contributed by atoms with E-state index < -0.39 is 0 Å². The predicted molar refractivity (Wildman–Crippen MR) is 37.1 cm³/mol. The zero-order valence-corrected chi connectivity index (χ0v) is 6.41. The Kier molecular flexibility index (Phi) is 2.00. The van der Waals surface area contributed by atoms with Crippen molar-refractivity contribution in [3.63, 3.8) is 0 Å². The molecule has 0 bridgehead atoms. The molecule has 0 fully saturated rings. The second-order valence-corrected chi connectivity index (χ2v) is 2.34. The second-order valence-electron chi connectivity index (χ2n) is 1.24. The molecule has 0 aliphatic carbocycles. The van der Waals surface area contributed by atoms with Gasteiger partial charge in [-0.25, -0.2) is 0 Å². The number of halogens is 2. The first kappa shape index (κ1) is 6.92. The molecule has 3 nitrogen and oxygen atoms in total. The van der Waals surface area contributed by atoms with E-state index in [2.05, 4.69) is 22.4 Å². The zero-order chi connectivity index (χ0) is 6.85. The van der Waals surface area contributed by atoms with Gasteiger partial charge in [-0.2, -0.15) is 0 Å². The van der Waals surface area contributed by atoms with Crippen molar-refractivity contribution < 1.29 is 0 Å². The van der Waals surface area contributed by atoms with Crippen LogP contribution in [0.3, 0.4) is 0 Å². The lowest BCUT2D eigenvalue weighted by atomic mass is 10.7. The van der Waals surface area contributed by atoms with Crippen LogP contribution in [-0.4, -0.2) is 14.5 Å². The minimum atomic E-state index is 0.190. The maximum atomic E-state index is 5.45. The average molecular weight is 182 g/mol. The van der Waals surface area contributed by atoms with Gasteiger partial charge >= 0.3 is 0 Å². The summed E-state index contributed by atoms with van der Waals surface area (Å²) in [5.74, 6) is 0. The molecule has 0 N–H and O–H groups in total. The van der Waals surface area contributed by atoms with E-state index in [0.717, 1.165) is 4.32 Å². The van der Waals surface area contributed by atoms with E-state index in [0.29, 0.717) is 4.51 Å². The summed E-state index contributed by atoms with van der Waals surface area (Å²) in [5, 5.41) is 7.22. The van der Waals surface area contributed by atoms with Crippen molar-refractivity contribution in [2.75, 3.05) is 0 Å². The molecule has 9 heavy (non-hydrogen) atoms. The van der Waals surface area contributed by atoms with E-state index in [1.807, 2.05) is 0 Å². The first-order chi connectivity index (χ1) is 4.20. The van der Waals surface area contributed by atoms with E-state index >= 15 is 0 Å². The van der Waals surface area contributed by atoms with Gasteiger partial charge in [0.2, 0.25) is 0 Å². The van der Waals surface area contributed by atoms with E-state index in [4.69, 9.17) is 23.4 Å². The fraction of sp³-hybridized carbons (Fsp3) is 0. The van der Waals surface area contributed by atoms with Gasteiger partial charge in [-0.15, -0.1) is 10.2 Å². The number of hydrogen-bond donors (Lipinski definition) is 0. The average Bonchev–Trinajstić information content (AvgIpc) is 1.80. The Morgan fingerprint density at radius 1 is 1.67 bits per heavy atom. The third kappa shape index (κ3) is 1.61. The monoisotopic (exact) mass is 181 g/mol. The highest BCUT2D eigenvalue weighted by molar-refractivity contribution is 7.71. The summed E-state index contributed by atoms with van der Waals surface area (Å²) in [6.45, 7) is 0. The van der Waals surface area contributed by atoms with Crippen LogP contribution in [0.15, 0.2) is 6.20 Å². The van der Waals surface area contributed by atoms with E-state index in [-0.39, 0.29) is 5.15 Å². The Labute approximate surface area is 66.3 Å². The van der Waals surface area contributed by atoms with Gasteiger partial charge in [-0.1, -0.05) is 28.1 Å². The number of hydrogen-bond acceptors (Lipinski definition) is 3. The van der Waals surface area contributed by atoms with Gasteiger partial charge in [0.25, 0.3) is 0 Å². The Morgan fingerprint density at radius 2 is 2.33 bits per heavy atom. The molecule has 0 atom stereocenters. The molecule has 0 spiro atoms. The zero-order valence-electron chi connectivity index (χ0n) is 4.08. The van der Waals surface area contributed by atoms with Gasteiger partial charge in [0.1, 0.15) is 0 Å². The van der Waals surface area contributed by atoms with Gasteiger partial charge in [-0.3, -0.25) is 0 Å². The summed E-state index contributed by atoms with van der Waals surface area (Å²) in [7, 11) is 0. The molecule has 6 heteroatoms. The Bertz CT molecular complexity index is 270. The molecule has 0 saturated heterocycles. The van der Waals surface area contributed by atoms with Crippen LogP contribution in [0.4, 0.5) is 0 Å². The van der Waals surface area contributed by atoms with Crippen LogP contribution < -0.4 is 0 Å². The number of nitrogens with zero attached hydrogens (tertiary/aromatic N) is 3. The van der Waals surface area contributed by atoms with Gasteiger partial charge < -0.3 is 0 Å². The molecule has 48 valence electrons. The summed E-state index contributed by atoms with van der Waals surface area (Å²) < 4.78 is 1.23. The molecular weight excluding hydrogens is 181 g/mol. The van der Waals surface area contributed by atoms with Gasteiger partial charge in [0.15, 0.2) is 5.15 Å². The van der Waals surface area contributed by atoms with Crippen molar-refractivity contribution in [1.82, 2.24) is 14.5 Å². The maximum absolute atomic E-state index is 5.45. The number of aromatic nitrogens is 3. The minimum absolute atomic E-state index is 0.190. The Morgan fingerprint density at radius 3 is 2.78 bits per heavy atom. The molecule has 1 rings (SSSR count). The minimum Gasteiger partial charge on any atom is -0.145 e. The maximum Gasteiger partial charge on any atom is 0.172 e. The highest BCUT2D eigenvalue weighted by Gasteiger charge is 1.91. The van der Waals surface area contributed by atoms with Gasteiger partial charge in [-0.05, 0) is 0 Å². The second kappa shape index (κ2) is 2.60. The van der Waals surface area contributed by atoms with Crippen molar-refractivity contribution in [2.45, 2.75) is 0 Å². The van der Waals surface area contributed by atoms with Crippen LogP contribution in [-0.2, 0) is 0 Å². The smallest absolute Gasteiger partial charge is 0.145 e. The fourth-order valence-corrected chi connectivity index (χ4v) is 0.667. The van der Waals surface area contributed by atoms with Crippen molar-refractivity contribution in [3.05, 3.63) is 15.9 Å². The predicted octanol–water partition coefficient (Wildman–Crippen LogP) is 1.66. The molecular formula is C3HCl2N3S. The van der Waals surface area contributed by atoms with Gasteiger partial charge in [0, 0.05) is 0 Å². The molecule has 0 saturated carbocycles. The summed E-state index contributed by atoms with van der Waals surface area (Å²) in [6, 6.07) is 0. The van der Waals surface area contributed by atoms with E-state index in [1.54, 1.807) is 0 Å². The lowest BCUT2D eigenvalue weighted by molar-refractivity contribution is 0.783. The molecule has 1 aromatic rings. The van der Waals surface area contributed by atoms with Crippen molar-refractivity contribution in [2.24, 2.45) is 0 Å². The van der Waals surface area contributed by atoms with Gasteiger partial charge in [0.05, 0.1) is 22.5 Å². The molecule has 0 aliphatic heterocycles. The molecule has 0 amide bonds. The SMILES string of the molecule is S=c1cnn(Cl)nc1Cl. The van der Waals surface area contributed by atoms with Crippen molar-refractivity contribution >= 4 is 35.6 Å². The third-order valence-electron chi connectivity index (χ3n) is 0.644. The quantitative estimate of drug-likeness (QED) is 0.571. The summed E-state index contributed by atoms with van der Waals surface area (Å²) in [6.07, 6.45) is 1.36. The molecule has 1 aromatic heterocycles. The highest BCUT2D eigenvalue weighted by Crippen LogP contribution is 2.02. The van der Waals surface area contributed by atoms with Crippen LogP contribution in [0, 0.1) is 4.51 Å². The van der Waals surface area contributed by atoms with Crippen LogP contribution >= 0.6 is 35.6 Å². The largest absolute Gasteiger partial charge is 0.172 e. The lowest BCUT2D eigenvalue weighted by Crippen LogP contribution is -1.94. The number of rotatable bonds is 0. The fourth-order valence-electron chi connectivity index (χ4n) is 0.301. The molecule has 0 radical (unpaired) electrons. The van der Waals surface area contributed by atoms with Crippen LogP contribution in [0.5, 0.6) is 0 Å². The van der Waals surface area contributed by atoms with E-state index in [9.17, 15) is 0 Å². The molecule has 0 aromatic carbocycles. The summed E-state index contributed by atoms with van der Waals surface area (Å²) in [4.78, 5) is 0. The van der Waals surface area contributed by atoms with Crippen molar-refractivity contribution in [3.8, 4) is 0 Å². The summed E-state index contributed by atoms with van der Waals surface area (Å²) >= 11 is 15.4. The summed E-state index contributed by atoms with van der Waals surface area (Å²) in [5.41, 5.74) is 0. The molecule has 0 aliphatic rings. The van der Waals surface area contributed by atoms with E-state index in [1.165, 1.54) is 6.20 Å². The van der Waals surface area contributed by atoms with Crippen LogP contribution in [0.25, 0.3) is 0 Å². The topological polar surface area (TPSA) is 30.7 Å².